The van der Waals surface area contributed by atoms with Gasteiger partial charge in [-0.3, -0.25) is 0 Å². The second-order valence-electron chi connectivity index (χ2n) is 5.68. The molecular formula is C11H26BCl2NSi. The van der Waals surface area contributed by atoms with Crippen molar-refractivity contribution in [2.45, 2.75) is 71.7 Å². The van der Waals surface area contributed by atoms with E-state index in [2.05, 4.69) is 45.6 Å². The van der Waals surface area contributed by atoms with E-state index in [1.54, 1.807) is 0 Å². The van der Waals surface area contributed by atoms with Crippen LogP contribution in [0.1, 0.15) is 34.1 Å². The first-order chi connectivity index (χ1) is 7.15. The molecule has 96 valence electrons. The third kappa shape index (κ3) is 7.21. The minimum Gasteiger partial charge on any atom is -0.324 e. The SMILES string of the molecule is CC(C)N(B(Cl)CCC[Si](C)(C)Cl)C(C)C. The number of hydrogen-bond donors (Lipinski definition) is 0. The first-order valence-electron chi connectivity index (χ1n) is 6.25. The second-order valence-corrected chi connectivity index (χ2v) is 13.2. The first kappa shape index (κ1) is 16.8. The summed E-state index contributed by atoms with van der Waals surface area (Å²) in [4.78, 5) is 2.37. The average molecular weight is 282 g/mol. The van der Waals surface area contributed by atoms with Crippen LogP contribution in [0.4, 0.5) is 0 Å². The van der Waals surface area contributed by atoms with Gasteiger partial charge in [0.05, 0.1) is 0 Å². The molecule has 5 heteroatoms. The van der Waals surface area contributed by atoms with Gasteiger partial charge in [0.15, 0.2) is 0 Å². The standard InChI is InChI=1S/C11H26BCl2NSi/c1-10(2)15(11(3)4)12(13)8-7-9-16(5,6)14/h10-11H,7-9H2,1-6H3. The van der Waals surface area contributed by atoms with Gasteiger partial charge < -0.3 is 4.81 Å². The Labute approximate surface area is 113 Å². The molecule has 0 saturated carbocycles. The van der Waals surface area contributed by atoms with Crippen molar-refractivity contribution in [3.63, 3.8) is 0 Å². The molecule has 0 aromatic carbocycles. The van der Waals surface area contributed by atoms with E-state index in [0.29, 0.717) is 12.1 Å². The van der Waals surface area contributed by atoms with Crippen molar-refractivity contribution in [2.24, 2.45) is 0 Å². The Kier molecular flexibility index (Phi) is 7.67. The minimum atomic E-state index is -1.42. The Morgan fingerprint density at radius 3 is 1.88 bits per heavy atom. The topological polar surface area (TPSA) is 3.24 Å². The van der Waals surface area contributed by atoms with E-state index >= 15 is 0 Å². The molecule has 0 aliphatic carbocycles. The molecule has 0 saturated heterocycles. The van der Waals surface area contributed by atoms with Crippen LogP contribution < -0.4 is 0 Å². The fourth-order valence-corrected chi connectivity index (χ4v) is 4.13. The third-order valence-electron chi connectivity index (χ3n) is 2.73. The van der Waals surface area contributed by atoms with Gasteiger partial charge in [0.2, 0.25) is 0 Å². The van der Waals surface area contributed by atoms with E-state index < -0.39 is 7.38 Å². The van der Waals surface area contributed by atoms with Crippen molar-refractivity contribution in [1.29, 1.82) is 0 Å². The summed E-state index contributed by atoms with van der Waals surface area (Å²) in [6, 6.07) is 2.16. The van der Waals surface area contributed by atoms with E-state index in [1.165, 1.54) is 0 Å². The molecule has 0 aliphatic rings. The zero-order chi connectivity index (χ0) is 12.9. The van der Waals surface area contributed by atoms with Crippen LogP contribution in [0.15, 0.2) is 0 Å². The van der Waals surface area contributed by atoms with Gasteiger partial charge in [-0.2, -0.15) is 22.5 Å². The van der Waals surface area contributed by atoms with Crippen LogP contribution in [0.5, 0.6) is 0 Å². The maximum absolute atomic E-state index is 6.46. The van der Waals surface area contributed by atoms with Crippen LogP contribution in [-0.2, 0) is 0 Å². The average Bonchev–Trinajstić information content (AvgIpc) is 1.99. The lowest BCUT2D eigenvalue weighted by atomic mass is 9.79. The maximum atomic E-state index is 6.46. The highest BCUT2D eigenvalue weighted by Gasteiger charge is 2.26. The lowest BCUT2D eigenvalue weighted by molar-refractivity contribution is 0.308. The molecule has 0 aromatic heterocycles. The molecule has 0 aromatic rings. The summed E-state index contributed by atoms with van der Waals surface area (Å²) in [5, 5.41) is 0. The number of nitrogens with zero attached hydrogens (tertiary/aromatic N) is 1. The Bertz CT molecular complexity index is 187. The highest BCUT2D eigenvalue weighted by atomic mass is 35.6. The van der Waals surface area contributed by atoms with Crippen LogP contribution in [0.3, 0.4) is 0 Å². The number of rotatable bonds is 7. The monoisotopic (exact) mass is 281 g/mol. The van der Waals surface area contributed by atoms with Crippen molar-refractivity contribution in [1.82, 2.24) is 4.81 Å². The van der Waals surface area contributed by atoms with Crippen molar-refractivity contribution in [2.75, 3.05) is 0 Å². The van der Waals surface area contributed by atoms with Gasteiger partial charge in [-0.25, -0.2) is 0 Å². The van der Waals surface area contributed by atoms with Crippen molar-refractivity contribution in [3.8, 4) is 0 Å². The molecule has 0 unspecified atom stereocenters. The molecular weight excluding hydrogens is 256 g/mol. The van der Waals surface area contributed by atoms with E-state index in [1.807, 2.05) is 0 Å². The Morgan fingerprint density at radius 1 is 1.12 bits per heavy atom. The molecule has 0 heterocycles. The Morgan fingerprint density at radius 2 is 1.56 bits per heavy atom. The number of hydrogen-bond acceptors (Lipinski definition) is 1. The summed E-state index contributed by atoms with van der Waals surface area (Å²) >= 11 is 12.8. The molecule has 0 fully saturated rings. The van der Waals surface area contributed by atoms with Crippen LogP contribution >= 0.6 is 22.5 Å². The zero-order valence-corrected chi connectivity index (χ0v) is 14.1. The summed E-state index contributed by atoms with van der Waals surface area (Å²) in [5.74, 6) is 0. The highest BCUT2D eigenvalue weighted by Crippen LogP contribution is 2.22. The minimum absolute atomic E-state index is 0.146. The van der Waals surface area contributed by atoms with Crippen molar-refractivity contribution < 1.29 is 0 Å². The molecule has 0 rings (SSSR count). The maximum Gasteiger partial charge on any atom is 0.331 e. The molecule has 0 spiro atoms. The van der Waals surface area contributed by atoms with Gasteiger partial charge in [-0.15, -0.1) is 0 Å². The molecule has 0 atom stereocenters. The second kappa shape index (κ2) is 7.30. The number of halogens is 2. The molecule has 0 aliphatic heterocycles. The fourth-order valence-electron chi connectivity index (χ4n) is 2.08. The van der Waals surface area contributed by atoms with Crippen LogP contribution in [-0.4, -0.2) is 30.5 Å². The third-order valence-corrected chi connectivity index (χ3v) is 5.28. The lowest BCUT2D eigenvalue weighted by Gasteiger charge is -2.33. The van der Waals surface area contributed by atoms with E-state index in [-0.39, 0.29) is 6.26 Å². The Hall–Kier alpha value is 0.822. The Balaban J connectivity index is 4.07. The van der Waals surface area contributed by atoms with Crippen molar-refractivity contribution >= 4 is 36.2 Å². The summed E-state index contributed by atoms with van der Waals surface area (Å²) in [6.45, 7) is 13.2. The van der Waals surface area contributed by atoms with Gasteiger partial charge in [0.25, 0.3) is 0 Å². The van der Waals surface area contributed by atoms with Gasteiger partial charge in [0.1, 0.15) is 7.38 Å². The molecule has 16 heavy (non-hydrogen) atoms. The smallest absolute Gasteiger partial charge is 0.324 e. The van der Waals surface area contributed by atoms with E-state index in [0.717, 1.165) is 18.8 Å². The summed E-state index contributed by atoms with van der Waals surface area (Å²) < 4.78 is 0. The predicted molar refractivity (Wildman–Crippen MR) is 81.3 cm³/mol. The van der Waals surface area contributed by atoms with Gasteiger partial charge in [-0.1, -0.05) is 47.2 Å². The van der Waals surface area contributed by atoms with Crippen LogP contribution in [0.2, 0.25) is 25.5 Å². The van der Waals surface area contributed by atoms with Crippen molar-refractivity contribution in [3.05, 3.63) is 0 Å². The van der Waals surface area contributed by atoms with Crippen LogP contribution in [0, 0.1) is 0 Å². The molecule has 1 nitrogen and oxygen atoms in total. The molecule has 0 bridgehead atoms. The summed E-state index contributed by atoms with van der Waals surface area (Å²) in [6.07, 6.45) is 2.33. The predicted octanol–water partition coefficient (Wildman–Crippen LogP) is 4.67. The van der Waals surface area contributed by atoms with Crippen LogP contribution in [0.25, 0.3) is 0 Å². The van der Waals surface area contributed by atoms with Gasteiger partial charge in [0, 0.05) is 0 Å². The lowest BCUT2D eigenvalue weighted by Crippen LogP contribution is -2.45. The fraction of sp³-hybridized carbons (Fsp3) is 1.00. The van der Waals surface area contributed by atoms with E-state index in [4.69, 9.17) is 22.5 Å². The summed E-state index contributed by atoms with van der Waals surface area (Å²) in [5.41, 5.74) is 0. The van der Waals surface area contributed by atoms with E-state index in [9.17, 15) is 0 Å². The molecule has 0 radical (unpaired) electrons. The summed E-state index contributed by atoms with van der Waals surface area (Å²) in [7, 11) is -1.42. The normalized spacial score (nSPS) is 12.9. The van der Waals surface area contributed by atoms with Gasteiger partial charge in [-0.05, 0) is 24.4 Å². The first-order valence-corrected chi connectivity index (χ1v) is 10.9. The highest BCUT2D eigenvalue weighted by molar-refractivity contribution is 7.19. The quantitative estimate of drug-likeness (QED) is 0.484. The largest absolute Gasteiger partial charge is 0.331 e. The molecule has 0 N–H and O–H groups in total. The van der Waals surface area contributed by atoms with Gasteiger partial charge >= 0.3 is 6.26 Å². The molecule has 0 amide bonds. The zero-order valence-electron chi connectivity index (χ0n) is 11.6.